The average Bonchev–Trinajstić information content (AvgIpc) is 2.60. The number of ether oxygens (including phenoxy) is 1. The van der Waals surface area contributed by atoms with Gasteiger partial charge in [0.05, 0.1) is 29.8 Å². The molecule has 2 N–H and O–H groups in total. The van der Waals surface area contributed by atoms with Crippen molar-refractivity contribution in [3.63, 3.8) is 0 Å². The largest absolute Gasteiger partial charge is 0.396 e. The second-order valence-electron chi connectivity index (χ2n) is 4.90. The molecule has 13 heavy (non-hydrogen) atoms. The van der Waals surface area contributed by atoms with E-state index >= 15 is 0 Å². The van der Waals surface area contributed by atoms with Gasteiger partial charge in [-0.15, -0.1) is 0 Å². The van der Waals surface area contributed by atoms with Gasteiger partial charge in [0, 0.05) is 0 Å². The van der Waals surface area contributed by atoms with Crippen LogP contribution in [0.25, 0.3) is 0 Å². The molecule has 2 fully saturated rings. The molecular formula is C10H18O3. The molecule has 3 heteroatoms. The molecule has 3 unspecified atom stereocenters. The molecule has 2 aliphatic heterocycles. The first kappa shape index (κ1) is 9.44. The van der Waals surface area contributed by atoms with Crippen LogP contribution in [0.2, 0.25) is 0 Å². The van der Waals surface area contributed by atoms with Gasteiger partial charge in [0.15, 0.2) is 0 Å². The van der Waals surface area contributed by atoms with E-state index in [0.29, 0.717) is 0 Å². The number of rotatable bonds is 2. The van der Waals surface area contributed by atoms with Crippen LogP contribution < -0.4 is 0 Å². The smallest absolute Gasteiger partial charge is 0.0695 e. The lowest BCUT2D eigenvalue weighted by atomic mass is 9.65. The molecule has 2 bridgehead atoms. The Kier molecular flexibility index (Phi) is 1.95. The maximum Gasteiger partial charge on any atom is 0.0695 e. The van der Waals surface area contributed by atoms with Crippen molar-refractivity contribution in [2.75, 3.05) is 6.61 Å². The maximum atomic E-state index is 10.0. The fourth-order valence-electron chi connectivity index (χ4n) is 2.80. The van der Waals surface area contributed by atoms with Crippen LogP contribution in [-0.4, -0.2) is 34.6 Å². The minimum absolute atomic E-state index is 0.0255. The summed E-state index contributed by atoms with van der Waals surface area (Å²) in [6.07, 6.45) is 3.20. The van der Waals surface area contributed by atoms with Gasteiger partial charge in [0.2, 0.25) is 0 Å². The standard InChI is InChI=1S/C10H18O3/c1-9(2,12)10(6-11)5-7-3-4-8(10)13-7/h7-8,11-12H,3-6H2,1-2H3. The van der Waals surface area contributed by atoms with Crippen molar-refractivity contribution in [2.45, 2.75) is 50.9 Å². The van der Waals surface area contributed by atoms with Crippen molar-refractivity contribution >= 4 is 0 Å². The molecule has 3 nitrogen and oxygen atoms in total. The lowest BCUT2D eigenvalue weighted by Crippen LogP contribution is -2.52. The molecule has 2 saturated heterocycles. The van der Waals surface area contributed by atoms with Gasteiger partial charge in [0.1, 0.15) is 0 Å². The van der Waals surface area contributed by atoms with Crippen molar-refractivity contribution in [1.82, 2.24) is 0 Å². The second kappa shape index (κ2) is 2.69. The Balaban J connectivity index is 2.27. The van der Waals surface area contributed by atoms with E-state index in [-0.39, 0.29) is 18.8 Å². The fraction of sp³-hybridized carbons (Fsp3) is 1.00. The van der Waals surface area contributed by atoms with Gasteiger partial charge >= 0.3 is 0 Å². The van der Waals surface area contributed by atoms with Gasteiger partial charge in [-0.3, -0.25) is 0 Å². The van der Waals surface area contributed by atoms with Crippen LogP contribution in [0.1, 0.15) is 33.1 Å². The molecule has 3 atom stereocenters. The number of aliphatic hydroxyl groups excluding tert-OH is 1. The Morgan fingerprint density at radius 2 is 2.15 bits per heavy atom. The maximum absolute atomic E-state index is 10.0. The number of hydrogen-bond donors (Lipinski definition) is 2. The summed E-state index contributed by atoms with van der Waals surface area (Å²) >= 11 is 0. The number of fused-ring (bicyclic) bond motifs is 2. The van der Waals surface area contributed by atoms with Gasteiger partial charge in [-0.2, -0.15) is 0 Å². The Morgan fingerprint density at radius 1 is 1.46 bits per heavy atom. The predicted molar refractivity (Wildman–Crippen MR) is 48.3 cm³/mol. The molecule has 0 spiro atoms. The Hall–Kier alpha value is -0.120. The van der Waals surface area contributed by atoms with E-state index in [9.17, 15) is 10.2 Å². The first-order chi connectivity index (χ1) is 5.99. The van der Waals surface area contributed by atoms with Crippen LogP contribution in [0, 0.1) is 5.41 Å². The monoisotopic (exact) mass is 186 g/mol. The third-order valence-corrected chi connectivity index (χ3v) is 3.82. The molecule has 2 rings (SSSR count). The van der Waals surface area contributed by atoms with Gasteiger partial charge in [-0.25, -0.2) is 0 Å². The molecular weight excluding hydrogens is 168 g/mol. The number of hydrogen-bond acceptors (Lipinski definition) is 3. The van der Waals surface area contributed by atoms with E-state index in [1.807, 2.05) is 0 Å². The van der Waals surface area contributed by atoms with Gasteiger partial charge in [-0.1, -0.05) is 0 Å². The van der Waals surface area contributed by atoms with Crippen LogP contribution >= 0.6 is 0 Å². The van der Waals surface area contributed by atoms with Crippen molar-refractivity contribution in [1.29, 1.82) is 0 Å². The number of aliphatic hydroxyl groups is 2. The highest BCUT2D eigenvalue weighted by Crippen LogP contribution is 2.53. The average molecular weight is 186 g/mol. The van der Waals surface area contributed by atoms with Gasteiger partial charge < -0.3 is 14.9 Å². The minimum atomic E-state index is -0.846. The zero-order chi connectivity index (χ0) is 9.69. The summed E-state index contributed by atoms with van der Waals surface area (Å²) in [6.45, 7) is 3.57. The van der Waals surface area contributed by atoms with Crippen LogP contribution in [-0.2, 0) is 4.74 Å². The molecule has 0 radical (unpaired) electrons. The third-order valence-electron chi connectivity index (χ3n) is 3.82. The molecule has 0 aromatic carbocycles. The molecule has 76 valence electrons. The molecule has 2 heterocycles. The minimum Gasteiger partial charge on any atom is -0.396 e. The van der Waals surface area contributed by atoms with Gasteiger partial charge in [0.25, 0.3) is 0 Å². The third kappa shape index (κ3) is 1.14. The van der Waals surface area contributed by atoms with Crippen molar-refractivity contribution in [2.24, 2.45) is 5.41 Å². The molecule has 2 aliphatic rings. The van der Waals surface area contributed by atoms with E-state index in [0.717, 1.165) is 19.3 Å². The Labute approximate surface area is 78.7 Å². The molecule has 0 saturated carbocycles. The van der Waals surface area contributed by atoms with Crippen LogP contribution in [0.3, 0.4) is 0 Å². The van der Waals surface area contributed by atoms with Crippen molar-refractivity contribution < 1.29 is 14.9 Å². The molecule has 0 aromatic rings. The van der Waals surface area contributed by atoms with Crippen LogP contribution in [0.5, 0.6) is 0 Å². The van der Waals surface area contributed by atoms with E-state index in [2.05, 4.69) is 0 Å². The zero-order valence-corrected chi connectivity index (χ0v) is 8.29. The molecule has 0 aliphatic carbocycles. The second-order valence-corrected chi connectivity index (χ2v) is 4.90. The van der Waals surface area contributed by atoms with E-state index < -0.39 is 11.0 Å². The van der Waals surface area contributed by atoms with Crippen LogP contribution in [0.15, 0.2) is 0 Å². The quantitative estimate of drug-likeness (QED) is 0.667. The van der Waals surface area contributed by atoms with Crippen molar-refractivity contribution in [3.05, 3.63) is 0 Å². The summed E-state index contributed by atoms with van der Waals surface area (Å²) in [5.74, 6) is 0. The first-order valence-electron chi connectivity index (χ1n) is 4.98. The first-order valence-corrected chi connectivity index (χ1v) is 4.98. The summed E-state index contributed by atoms with van der Waals surface area (Å²) in [6, 6.07) is 0. The lowest BCUT2D eigenvalue weighted by Gasteiger charge is -2.43. The highest BCUT2D eigenvalue weighted by atomic mass is 16.5. The SMILES string of the molecule is CC(C)(O)C1(CO)CC2CCC1O2. The normalized spacial score (nSPS) is 44.3. The fourth-order valence-corrected chi connectivity index (χ4v) is 2.80. The van der Waals surface area contributed by atoms with Crippen molar-refractivity contribution in [3.8, 4) is 0 Å². The van der Waals surface area contributed by atoms with Crippen LogP contribution in [0.4, 0.5) is 0 Å². The molecule has 0 amide bonds. The lowest BCUT2D eigenvalue weighted by molar-refractivity contribution is -0.116. The van der Waals surface area contributed by atoms with E-state index in [1.54, 1.807) is 13.8 Å². The zero-order valence-electron chi connectivity index (χ0n) is 8.29. The summed E-state index contributed by atoms with van der Waals surface area (Å²) in [4.78, 5) is 0. The Morgan fingerprint density at radius 3 is 2.38 bits per heavy atom. The highest BCUT2D eigenvalue weighted by Gasteiger charge is 2.59. The van der Waals surface area contributed by atoms with Gasteiger partial charge in [-0.05, 0) is 33.1 Å². The summed E-state index contributed by atoms with van der Waals surface area (Å²) < 4.78 is 5.69. The summed E-state index contributed by atoms with van der Waals surface area (Å²) in [5, 5.41) is 19.5. The predicted octanol–water partition coefficient (Wildman–Crippen LogP) is 0.687. The van der Waals surface area contributed by atoms with E-state index in [1.165, 1.54) is 0 Å². The molecule has 0 aromatic heterocycles. The summed E-state index contributed by atoms with van der Waals surface area (Å²) in [5.41, 5.74) is -1.27. The summed E-state index contributed by atoms with van der Waals surface area (Å²) in [7, 11) is 0. The Bertz CT molecular complexity index is 209. The van der Waals surface area contributed by atoms with E-state index in [4.69, 9.17) is 4.74 Å². The topological polar surface area (TPSA) is 49.7 Å². The highest BCUT2D eigenvalue weighted by molar-refractivity contribution is 5.07.